The second-order valence-electron chi connectivity index (χ2n) is 7.18. The molecule has 0 spiro atoms. The minimum absolute atomic E-state index is 0.139. The number of hydrogen-bond donors (Lipinski definition) is 1. The maximum absolute atomic E-state index is 12.1. The van der Waals surface area contributed by atoms with E-state index in [2.05, 4.69) is 12.2 Å². The van der Waals surface area contributed by atoms with Gasteiger partial charge in [0.25, 0.3) is 5.91 Å². The van der Waals surface area contributed by atoms with Crippen LogP contribution in [0.2, 0.25) is 0 Å². The van der Waals surface area contributed by atoms with Gasteiger partial charge in [-0.15, -0.1) is 0 Å². The second-order valence-corrected chi connectivity index (χ2v) is 7.18. The number of anilines is 1. The summed E-state index contributed by atoms with van der Waals surface area (Å²) in [5.41, 5.74) is 0.694. The van der Waals surface area contributed by atoms with Gasteiger partial charge in [0.2, 0.25) is 11.8 Å². The lowest BCUT2D eigenvalue weighted by atomic mass is 9.86. The number of nitrogens with one attached hydrogen (secondary N) is 1. The highest BCUT2D eigenvalue weighted by Gasteiger charge is 2.30. The number of nitrogens with zero attached hydrogens (tertiary/aromatic N) is 1. The molecule has 7 heteroatoms. The number of benzene rings is 1. The molecule has 0 aromatic heterocycles. The predicted molar refractivity (Wildman–Crippen MR) is 98.0 cm³/mol. The highest BCUT2D eigenvalue weighted by Crippen LogP contribution is 2.24. The molecule has 0 radical (unpaired) electrons. The summed E-state index contributed by atoms with van der Waals surface area (Å²) in [7, 11) is 0. The van der Waals surface area contributed by atoms with E-state index in [4.69, 9.17) is 4.74 Å². The number of carbonyl (C=O) groups is 4. The lowest BCUT2D eigenvalue weighted by Gasteiger charge is -2.29. The van der Waals surface area contributed by atoms with Crippen LogP contribution in [0, 0.1) is 5.92 Å². The van der Waals surface area contributed by atoms with Crippen molar-refractivity contribution < 1.29 is 23.9 Å². The Kier molecular flexibility index (Phi) is 5.88. The SMILES string of the molecule is C[C@@H]1CCCC[C@H]1NC(=O)COC(=O)c1ccc(N2C(=O)CCC2=O)cc1. The van der Waals surface area contributed by atoms with Crippen molar-refractivity contribution in [1.82, 2.24) is 5.32 Å². The standard InChI is InChI=1S/C20H24N2O5/c1-13-4-2-3-5-16(13)21-17(23)12-27-20(26)14-6-8-15(9-7-14)22-18(24)10-11-19(22)25/h6-9,13,16H,2-5,10-12H2,1H3,(H,21,23)/t13-,16-/m1/s1. The summed E-state index contributed by atoms with van der Waals surface area (Å²) in [4.78, 5) is 48.7. The van der Waals surface area contributed by atoms with Crippen LogP contribution in [-0.2, 0) is 19.1 Å². The maximum atomic E-state index is 12.1. The molecule has 2 fully saturated rings. The molecule has 1 saturated carbocycles. The van der Waals surface area contributed by atoms with Gasteiger partial charge in [0, 0.05) is 18.9 Å². The summed E-state index contributed by atoms with van der Waals surface area (Å²) >= 11 is 0. The Morgan fingerprint density at radius 1 is 1.07 bits per heavy atom. The third kappa shape index (κ3) is 4.53. The first-order valence-corrected chi connectivity index (χ1v) is 9.38. The van der Waals surface area contributed by atoms with E-state index >= 15 is 0 Å². The third-order valence-electron chi connectivity index (χ3n) is 5.20. The molecule has 1 saturated heterocycles. The Hall–Kier alpha value is -2.70. The van der Waals surface area contributed by atoms with E-state index in [0.717, 1.165) is 24.2 Å². The highest BCUT2D eigenvalue weighted by atomic mass is 16.5. The van der Waals surface area contributed by atoms with Crippen LogP contribution >= 0.6 is 0 Å². The summed E-state index contributed by atoms with van der Waals surface area (Å²) in [6.45, 7) is 1.79. The lowest BCUT2D eigenvalue weighted by Crippen LogP contribution is -2.42. The van der Waals surface area contributed by atoms with E-state index in [-0.39, 0.29) is 48.8 Å². The van der Waals surface area contributed by atoms with Crippen LogP contribution in [0.5, 0.6) is 0 Å². The van der Waals surface area contributed by atoms with Crippen LogP contribution in [0.15, 0.2) is 24.3 Å². The molecular weight excluding hydrogens is 348 g/mol. The van der Waals surface area contributed by atoms with Crippen molar-refractivity contribution in [2.75, 3.05) is 11.5 Å². The lowest BCUT2D eigenvalue weighted by molar-refractivity contribution is -0.125. The zero-order valence-corrected chi connectivity index (χ0v) is 15.4. The van der Waals surface area contributed by atoms with Crippen LogP contribution in [0.4, 0.5) is 5.69 Å². The average Bonchev–Trinajstić information content (AvgIpc) is 3.00. The van der Waals surface area contributed by atoms with Gasteiger partial charge < -0.3 is 10.1 Å². The molecule has 3 amide bonds. The predicted octanol–water partition coefficient (Wildman–Crippen LogP) is 2.19. The zero-order chi connectivity index (χ0) is 19.4. The molecule has 1 aliphatic heterocycles. The number of esters is 1. The molecule has 1 N–H and O–H groups in total. The maximum Gasteiger partial charge on any atom is 0.338 e. The van der Waals surface area contributed by atoms with Crippen molar-refractivity contribution in [3.05, 3.63) is 29.8 Å². The Morgan fingerprint density at radius 3 is 2.33 bits per heavy atom. The first kappa shape index (κ1) is 19.1. The molecule has 2 atom stereocenters. The summed E-state index contributed by atoms with van der Waals surface area (Å²) in [5, 5.41) is 2.93. The monoisotopic (exact) mass is 372 g/mol. The number of rotatable bonds is 5. The average molecular weight is 372 g/mol. The molecule has 144 valence electrons. The molecule has 1 heterocycles. The van der Waals surface area contributed by atoms with Crippen molar-refractivity contribution in [3.63, 3.8) is 0 Å². The fourth-order valence-electron chi connectivity index (χ4n) is 3.60. The fourth-order valence-corrected chi connectivity index (χ4v) is 3.60. The topological polar surface area (TPSA) is 92.8 Å². The molecule has 2 aliphatic rings. The first-order valence-electron chi connectivity index (χ1n) is 9.38. The van der Waals surface area contributed by atoms with E-state index in [0.29, 0.717) is 11.6 Å². The van der Waals surface area contributed by atoms with Gasteiger partial charge in [-0.3, -0.25) is 19.3 Å². The van der Waals surface area contributed by atoms with Gasteiger partial charge in [0.15, 0.2) is 6.61 Å². The Labute approximate surface area is 158 Å². The number of carbonyl (C=O) groups excluding carboxylic acids is 4. The highest BCUT2D eigenvalue weighted by molar-refractivity contribution is 6.19. The number of amides is 3. The van der Waals surface area contributed by atoms with Gasteiger partial charge in [0.05, 0.1) is 11.3 Å². The normalized spacial score (nSPS) is 22.6. The van der Waals surface area contributed by atoms with Gasteiger partial charge in [0.1, 0.15) is 0 Å². The molecule has 0 bridgehead atoms. The van der Waals surface area contributed by atoms with E-state index in [1.165, 1.54) is 30.7 Å². The van der Waals surface area contributed by atoms with Crippen molar-refractivity contribution in [2.45, 2.75) is 51.5 Å². The van der Waals surface area contributed by atoms with Crippen molar-refractivity contribution in [2.24, 2.45) is 5.92 Å². The van der Waals surface area contributed by atoms with Crippen LogP contribution in [0.25, 0.3) is 0 Å². The Bertz CT molecular complexity index is 727. The second kappa shape index (κ2) is 8.33. The third-order valence-corrected chi connectivity index (χ3v) is 5.20. The molecule has 3 rings (SSSR count). The van der Waals surface area contributed by atoms with Gasteiger partial charge in [-0.25, -0.2) is 4.79 Å². The number of hydrogen-bond acceptors (Lipinski definition) is 5. The van der Waals surface area contributed by atoms with E-state index in [1.54, 1.807) is 0 Å². The van der Waals surface area contributed by atoms with E-state index in [9.17, 15) is 19.2 Å². The number of ether oxygens (including phenoxy) is 1. The van der Waals surface area contributed by atoms with Crippen molar-refractivity contribution in [3.8, 4) is 0 Å². The van der Waals surface area contributed by atoms with Crippen molar-refractivity contribution in [1.29, 1.82) is 0 Å². The summed E-state index contributed by atoms with van der Waals surface area (Å²) in [5.74, 6) is -0.978. The fraction of sp³-hybridized carbons (Fsp3) is 0.500. The molecule has 1 aromatic carbocycles. The summed E-state index contributed by atoms with van der Waals surface area (Å²) < 4.78 is 5.08. The van der Waals surface area contributed by atoms with Gasteiger partial charge in [-0.05, 0) is 43.0 Å². The summed E-state index contributed by atoms with van der Waals surface area (Å²) in [6.07, 6.45) is 4.75. The van der Waals surface area contributed by atoms with Gasteiger partial charge in [-0.2, -0.15) is 0 Å². The van der Waals surface area contributed by atoms with Crippen LogP contribution in [0.3, 0.4) is 0 Å². The van der Waals surface area contributed by atoms with Crippen LogP contribution < -0.4 is 10.2 Å². The molecule has 7 nitrogen and oxygen atoms in total. The van der Waals surface area contributed by atoms with Crippen LogP contribution in [-0.4, -0.2) is 36.3 Å². The minimum atomic E-state index is -0.618. The minimum Gasteiger partial charge on any atom is -0.452 e. The molecule has 0 unspecified atom stereocenters. The largest absolute Gasteiger partial charge is 0.452 e. The first-order chi connectivity index (χ1) is 13.0. The number of imide groups is 1. The van der Waals surface area contributed by atoms with Crippen molar-refractivity contribution >= 4 is 29.4 Å². The Morgan fingerprint density at radius 2 is 1.70 bits per heavy atom. The molecular formula is C20H24N2O5. The molecule has 1 aliphatic carbocycles. The molecule has 27 heavy (non-hydrogen) atoms. The quantitative estimate of drug-likeness (QED) is 0.632. The molecule has 1 aromatic rings. The summed E-state index contributed by atoms with van der Waals surface area (Å²) in [6, 6.07) is 6.16. The Balaban J connectivity index is 1.51. The smallest absolute Gasteiger partial charge is 0.338 e. The zero-order valence-electron chi connectivity index (χ0n) is 15.4. The van der Waals surface area contributed by atoms with E-state index < -0.39 is 5.97 Å². The van der Waals surface area contributed by atoms with E-state index in [1.807, 2.05) is 0 Å². The van der Waals surface area contributed by atoms with Crippen LogP contribution in [0.1, 0.15) is 55.8 Å². The van der Waals surface area contributed by atoms with Gasteiger partial charge >= 0.3 is 5.97 Å². The van der Waals surface area contributed by atoms with Gasteiger partial charge in [-0.1, -0.05) is 19.8 Å².